The third kappa shape index (κ3) is 5.39. The molecular weight excluding hydrogens is 464 g/mol. The molecule has 1 aromatic carbocycles. The quantitative estimate of drug-likeness (QED) is 0.500. The van der Waals surface area contributed by atoms with Crippen LogP contribution in [0.5, 0.6) is 5.75 Å². The van der Waals surface area contributed by atoms with Gasteiger partial charge in [-0.1, -0.05) is 20.3 Å². The van der Waals surface area contributed by atoms with E-state index in [0.29, 0.717) is 11.1 Å². The average molecular weight is 499 g/mol. The van der Waals surface area contributed by atoms with Crippen LogP contribution in [0, 0.1) is 12.8 Å². The second-order valence-electron chi connectivity index (χ2n) is 10.4. The maximum Gasteiger partial charge on any atom is 0.340 e. The molecule has 1 aromatic heterocycles. The van der Waals surface area contributed by atoms with E-state index in [9.17, 15) is 24.3 Å². The van der Waals surface area contributed by atoms with Gasteiger partial charge in [-0.15, -0.1) is 0 Å². The number of ether oxygens (including phenoxy) is 1. The molecule has 0 saturated heterocycles. The van der Waals surface area contributed by atoms with Crippen LogP contribution in [-0.4, -0.2) is 41.1 Å². The van der Waals surface area contributed by atoms with Gasteiger partial charge in [0.2, 0.25) is 11.8 Å². The van der Waals surface area contributed by atoms with Gasteiger partial charge in [0, 0.05) is 11.5 Å². The lowest BCUT2D eigenvalue weighted by molar-refractivity contribution is -0.143. The zero-order valence-electron chi connectivity index (χ0n) is 21.1. The van der Waals surface area contributed by atoms with Crippen molar-refractivity contribution in [3.05, 3.63) is 39.2 Å². The molecule has 0 radical (unpaired) electrons. The number of carbonyl (C=O) groups excluding carboxylic acids is 2. The molecule has 1 unspecified atom stereocenters. The highest BCUT2D eigenvalue weighted by atomic mass is 16.5. The molecule has 2 aliphatic rings. The van der Waals surface area contributed by atoms with Gasteiger partial charge in [-0.25, -0.2) is 9.59 Å². The zero-order valence-corrected chi connectivity index (χ0v) is 21.1. The number of nitrogens with one attached hydrogen (secondary N) is 2. The van der Waals surface area contributed by atoms with E-state index in [2.05, 4.69) is 10.6 Å². The van der Waals surface area contributed by atoms with Crippen molar-refractivity contribution in [2.75, 3.05) is 6.54 Å². The minimum atomic E-state index is -1.14. The van der Waals surface area contributed by atoms with E-state index in [1.54, 1.807) is 26.8 Å². The van der Waals surface area contributed by atoms with Crippen LogP contribution in [0.2, 0.25) is 0 Å². The Balaban J connectivity index is 1.47. The lowest BCUT2D eigenvalue weighted by Gasteiger charge is -2.41. The normalized spacial score (nSPS) is 17.3. The first kappa shape index (κ1) is 25.7. The fraction of sp³-hybridized carbons (Fsp3) is 0.556. The number of rotatable bonds is 7. The standard InChI is InChI=1S/C27H34N2O7/c1-15(2)24(25(32)33)29-23(31)14-28-22(30)12-19-16(3)18-11-17-7-10-27(8-5-4-6-9-27)36-20(17)13-21(18)35-26(19)34/h11,13,15,24H,4-10,12,14H2,1-3H3,(H,28,30)(H,29,31)(H,32,33). The predicted octanol–water partition coefficient (Wildman–Crippen LogP) is 3.01. The molecule has 2 amide bonds. The smallest absolute Gasteiger partial charge is 0.340 e. The Labute approximate surface area is 209 Å². The number of carbonyl (C=O) groups is 3. The first-order valence-corrected chi connectivity index (χ1v) is 12.7. The number of hydrogen-bond donors (Lipinski definition) is 3. The van der Waals surface area contributed by atoms with Crippen molar-refractivity contribution in [3.8, 4) is 5.75 Å². The van der Waals surface area contributed by atoms with Crippen LogP contribution >= 0.6 is 0 Å². The topological polar surface area (TPSA) is 135 Å². The largest absolute Gasteiger partial charge is 0.487 e. The van der Waals surface area contributed by atoms with Crippen LogP contribution in [0.15, 0.2) is 21.3 Å². The summed E-state index contributed by atoms with van der Waals surface area (Å²) in [6, 6.07) is 2.74. The predicted molar refractivity (Wildman–Crippen MR) is 133 cm³/mol. The van der Waals surface area contributed by atoms with Gasteiger partial charge < -0.3 is 24.9 Å². The number of amides is 2. The fourth-order valence-corrected chi connectivity index (χ4v) is 5.29. The van der Waals surface area contributed by atoms with Crippen molar-refractivity contribution in [1.82, 2.24) is 10.6 Å². The highest BCUT2D eigenvalue weighted by Crippen LogP contribution is 2.43. The first-order valence-electron chi connectivity index (χ1n) is 12.7. The van der Waals surface area contributed by atoms with Gasteiger partial charge in [0.1, 0.15) is 23.0 Å². The van der Waals surface area contributed by atoms with Gasteiger partial charge in [0.05, 0.1) is 18.5 Å². The molecule has 4 rings (SSSR count). The minimum absolute atomic E-state index is 0.113. The van der Waals surface area contributed by atoms with Crippen LogP contribution in [0.3, 0.4) is 0 Å². The molecule has 1 aliphatic carbocycles. The van der Waals surface area contributed by atoms with Crippen molar-refractivity contribution < 1.29 is 28.6 Å². The summed E-state index contributed by atoms with van der Waals surface area (Å²) >= 11 is 0. The maximum absolute atomic E-state index is 12.8. The van der Waals surface area contributed by atoms with Gasteiger partial charge in [-0.05, 0) is 68.6 Å². The number of fused-ring (bicyclic) bond motifs is 2. The molecule has 1 saturated carbocycles. The van der Waals surface area contributed by atoms with Gasteiger partial charge in [-0.3, -0.25) is 9.59 Å². The molecule has 0 bridgehead atoms. The Morgan fingerprint density at radius 3 is 2.47 bits per heavy atom. The van der Waals surface area contributed by atoms with E-state index >= 15 is 0 Å². The number of aryl methyl sites for hydroxylation is 2. The van der Waals surface area contributed by atoms with Crippen molar-refractivity contribution in [3.63, 3.8) is 0 Å². The summed E-state index contributed by atoms with van der Waals surface area (Å²) in [7, 11) is 0. The van der Waals surface area contributed by atoms with E-state index in [1.807, 2.05) is 6.07 Å². The van der Waals surface area contributed by atoms with Crippen molar-refractivity contribution >= 4 is 28.8 Å². The lowest BCUT2D eigenvalue weighted by Crippen LogP contribution is -2.48. The van der Waals surface area contributed by atoms with Gasteiger partial charge in [0.15, 0.2) is 0 Å². The molecule has 9 heteroatoms. The second-order valence-corrected chi connectivity index (χ2v) is 10.4. The zero-order chi connectivity index (χ0) is 26.0. The van der Waals surface area contributed by atoms with Crippen molar-refractivity contribution in [2.45, 2.75) is 83.8 Å². The third-order valence-corrected chi connectivity index (χ3v) is 7.44. The van der Waals surface area contributed by atoms with Gasteiger partial charge in [-0.2, -0.15) is 0 Å². The third-order valence-electron chi connectivity index (χ3n) is 7.44. The monoisotopic (exact) mass is 498 g/mol. The molecule has 2 heterocycles. The van der Waals surface area contributed by atoms with Crippen LogP contribution in [0.4, 0.5) is 0 Å². The van der Waals surface area contributed by atoms with Crippen LogP contribution in [0.1, 0.15) is 69.1 Å². The lowest BCUT2D eigenvalue weighted by atomic mass is 9.79. The van der Waals surface area contributed by atoms with Crippen LogP contribution in [0.25, 0.3) is 11.0 Å². The second kappa shape index (κ2) is 10.3. The Bertz CT molecular complexity index is 1240. The molecule has 36 heavy (non-hydrogen) atoms. The number of hydrogen-bond acceptors (Lipinski definition) is 6. The fourth-order valence-electron chi connectivity index (χ4n) is 5.29. The van der Waals surface area contributed by atoms with Crippen LogP contribution < -0.4 is 21.0 Å². The highest BCUT2D eigenvalue weighted by Gasteiger charge is 2.37. The highest BCUT2D eigenvalue weighted by molar-refractivity contribution is 5.89. The van der Waals surface area contributed by atoms with E-state index in [4.69, 9.17) is 9.15 Å². The number of carboxylic acid groups (broad SMARTS) is 1. The maximum atomic E-state index is 12.8. The first-order chi connectivity index (χ1) is 17.1. The Kier molecular flexibility index (Phi) is 7.38. The summed E-state index contributed by atoms with van der Waals surface area (Å²) in [6.45, 7) is 4.75. The Morgan fingerprint density at radius 2 is 1.81 bits per heavy atom. The molecule has 1 atom stereocenters. The average Bonchev–Trinajstić information content (AvgIpc) is 2.83. The van der Waals surface area contributed by atoms with E-state index in [-0.39, 0.29) is 30.0 Å². The number of benzene rings is 1. The van der Waals surface area contributed by atoms with E-state index in [1.165, 1.54) is 19.3 Å². The molecule has 194 valence electrons. The molecule has 9 nitrogen and oxygen atoms in total. The molecular formula is C27H34N2O7. The summed E-state index contributed by atoms with van der Waals surface area (Å²) in [4.78, 5) is 48.6. The van der Waals surface area contributed by atoms with E-state index < -0.39 is 29.5 Å². The minimum Gasteiger partial charge on any atom is -0.487 e. The molecule has 3 N–H and O–H groups in total. The molecule has 1 aliphatic heterocycles. The SMILES string of the molecule is Cc1c(CC(=O)NCC(=O)NC(C(=O)O)C(C)C)c(=O)oc2cc3c(cc12)CCC1(CCCCC1)O3. The summed E-state index contributed by atoms with van der Waals surface area (Å²) in [5.74, 6) is -1.83. The van der Waals surface area contributed by atoms with Gasteiger partial charge in [0.25, 0.3) is 0 Å². The summed E-state index contributed by atoms with van der Waals surface area (Å²) in [5.41, 5.74) is 1.67. The Morgan fingerprint density at radius 1 is 1.08 bits per heavy atom. The van der Waals surface area contributed by atoms with Crippen LogP contribution in [-0.2, 0) is 27.2 Å². The molecule has 1 spiro atoms. The van der Waals surface area contributed by atoms with Gasteiger partial charge >= 0.3 is 11.6 Å². The molecule has 1 fully saturated rings. The summed E-state index contributed by atoms with van der Waals surface area (Å²) in [5, 5.41) is 14.8. The molecule has 2 aromatic rings. The number of carboxylic acids is 1. The Hall–Kier alpha value is -3.36. The van der Waals surface area contributed by atoms with Crippen molar-refractivity contribution in [2.24, 2.45) is 5.92 Å². The van der Waals surface area contributed by atoms with E-state index in [0.717, 1.165) is 42.4 Å². The van der Waals surface area contributed by atoms with Crippen molar-refractivity contribution in [1.29, 1.82) is 0 Å². The number of aliphatic carboxylic acids is 1. The summed E-state index contributed by atoms with van der Waals surface area (Å²) in [6.07, 6.45) is 7.29. The summed E-state index contributed by atoms with van der Waals surface area (Å²) < 4.78 is 12.0.